The highest BCUT2D eigenvalue weighted by Gasteiger charge is 2.33. The summed E-state index contributed by atoms with van der Waals surface area (Å²) in [6.45, 7) is -2.32. The van der Waals surface area contributed by atoms with E-state index in [9.17, 15) is 31.9 Å². The lowest BCUT2D eigenvalue weighted by atomic mass is 9.97. The number of esters is 1. The van der Waals surface area contributed by atoms with Crippen molar-refractivity contribution < 1.29 is 41.4 Å². The highest BCUT2D eigenvalue weighted by molar-refractivity contribution is 6.30. The van der Waals surface area contributed by atoms with Crippen molar-refractivity contribution in [1.29, 1.82) is 0 Å². The van der Waals surface area contributed by atoms with Gasteiger partial charge in [0.1, 0.15) is 5.82 Å². The minimum atomic E-state index is -4.62. The Morgan fingerprint density at radius 1 is 1.17 bits per heavy atom. The smallest absolute Gasteiger partial charge is 0.422 e. The van der Waals surface area contributed by atoms with Gasteiger partial charge in [-0.1, -0.05) is 11.6 Å². The molecule has 1 N–H and O–H groups in total. The fraction of sp³-hybridized carbons (Fsp3) is 0.471. The second-order valence-electron chi connectivity index (χ2n) is 6.21. The second kappa shape index (κ2) is 9.77. The molecule has 0 saturated carbocycles. The molecular formula is C17H17ClF4N2O5. The summed E-state index contributed by atoms with van der Waals surface area (Å²) in [5, 5.41) is 2.43. The van der Waals surface area contributed by atoms with Crippen LogP contribution in [0.2, 0.25) is 5.02 Å². The number of anilines is 1. The zero-order valence-electron chi connectivity index (χ0n) is 14.9. The number of benzene rings is 1. The van der Waals surface area contributed by atoms with Crippen molar-refractivity contribution in [3.05, 3.63) is 29.0 Å². The van der Waals surface area contributed by atoms with Crippen LogP contribution in [0.3, 0.4) is 0 Å². The van der Waals surface area contributed by atoms with Gasteiger partial charge in [0, 0.05) is 18.1 Å². The molecule has 0 aromatic heterocycles. The van der Waals surface area contributed by atoms with Gasteiger partial charge in [0.2, 0.25) is 0 Å². The Hall–Kier alpha value is -2.56. The van der Waals surface area contributed by atoms with Crippen LogP contribution in [-0.4, -0.2) is 55.3 Å². The summed E-state index contributed by atoms with van der Waals surface area (Å²) in [6.07, 6.45) is -5.45. The normalized spacial score (nSPS) is 15.0. The topological polar surface area (TPSA) is 84.9 Å². The molecule has 1 aromatic carbocycles. The van der Waals surface area contributed by atoms with Gasteiger partial charge in [-0.25, -0.2) is 9.18 Å². The Morgan fingerprint density at radius 3 is 2.45 bits per heavy atom. The van der Waals surface area contributed by atoms with E-state index in [0.29, 0.717) is 0 Å². The summed E-state index contributed by atoms with van der Waals surface area (Å²) >= 11 is 5.71. The number of nitrogens with one attached hydrogen (secondary N) is 1. The Bertz CT molecular complexity index is 767. The molecule has 1 saturated heterocycles. The molecular weight excluding hydrogens is 424 g/mol. The van der Waals surface area contributed by atoms with E-state index in [4.69, 9.17) is 16.3 Å². The van der Waals surface area contributed by atoms with Gasteiger partial charge in [0.05, 0.1) is 11.6 Å². The van der Waals surface area contributed by atoms with Crippen LogP contribution in [0.4, 0.5) is 28.0 Å². The Labute approximate surface area is 167 Å². The Morgan fingerprint density at radius 2 is 1.83 bits per heavy atom. The maximum absolute atomic E-state index is 13.6. The average molecular weight is 441 g/mol. The van der Waals surface area contributed by atoms with Crippen LogP contribution >= 0.6 is 11.6 Å². The molecule has 1 aliphatic rings. The molecule has 2 amide bonds. The first-order valence-electron chi connectivity index (χ1n) is 8.45. The van der Waals surface area contributed by atoms with E-state index in [1.165, 1.54) is 12.1 Å². The van der Waals surface area contributed by atoms with Crippen LogP contribution in [0.5, 0.6) is 0 Å². The summed E-state index contributed by atoms with van der Waals surface area (Å²) in [6, 6.07) is 3.57. The number of amides is 2. The number of hydrogen-bond acceptors (Lipinski definition) is 5. The number of piperidine rings is 1. The van der Waals surface area contributed by atoms with Crippen molar-refractivity contribution in [2.24, 2.45) is 5.92 Å². The first-order chi connectivity index (χ1) is 13.5. The minimum absolute atomic E-state index is 0.0103. The first-order valence-corrected chi connectivity index (χ1v) is 8.83. The highest BCUT2D eigenvalue weighted by Crippen LogP contribution is 2.22. The SMILES string of the molecule is O=C(COC(=O)C1CCN(C(=O)OCC(F)(F)F)CC1)Nc1cc(Cl)ccc1F. The third-order valence-corrected chi connectivity index (χ3v) is 4.23. The molecule has 0 unspecified atom stereocenters. The van der Waals surface area contributed by atoms with Gasteiger partial charge >= 0.3 is 18.2 Å². The van der Waals surface area contributed by atoms with Gasteiger partial charge in [0.15, 0.2) is 13.2 Å². The third kappa shape index (κ3) is 7.41. The average Bonchev–Trinajstić information content (AvgIpc) is 2.66. The number of nitrogens with zero attached hydrogens (tertiary/aromatic N) is 1. The van der Waals surface area contributed by atoms with Crippen LogP contribution in [0.25, 0.3) is 0 Å². The number of carbonyl (C=O) groups is 3. The molecule has 160 valence electrons. The molecule has 7 nitrogen and oxygen atoms in total. The predicted octanol–water partition coefficient (Wildman–Crippen LogP) is 3.37. The van der Waals surface area contributed by atoms with Crippen molar-refractivity contribution in [2.45, 2.75) is 19.0 Å². The number of alkyl halides is 3. The molecule has 1 aliphatic heterocycles. The Balaban J connectivity index is 1.73. The molecule has 29 heavy (non-hydrogen) atoms. The van der Waals surface area contributed by atoms with E-state index < -0.39 is 49.1 Å². The van der Waals surface area contributed by atoms with Gasteiger partial charge < -0.3 is 19.7 Å². The van der Waals surface area contributed by atoms with Crippen molar-refractivity contribution in [3.8, 4) is 0 Å². The lowest BCUT2D eigenvalue weighted by molar-refractivity contribution is -0.163. The van der Waals surface area contributed by atoms with Crippen LogP contribution in [-0.2, 0) is 19.1 Å². The molecule has 0 atom stereocenters. The summed E-state index contributed by atoms with van der Waals surface area (Å²) < 4.78 is 58.8. The van der Waals surface area contributed by atoms with Crippen LogP contribution in [0.1, 0.15) is 12.8 Å². The largest absolute Gasteiger partial charge is 0.455 e. The summed E-state index contributed by atoms with van der Waals surface area (Å²) in [7, 11) is 0. The standard InChI is InChI=1S/C17H17ClF4N2O5/c18-11-1-2-12(19)13(7-11)23-14(25)8-28-15(26)10-3-5-24(6-4-10)16(27)29-9-17(20,21)22/h1-2,7,10H,3-6,8-9H2,(H,23,25). The maximum Gasteiger partial charge on any atom is 0.422 e. The van der Waals surface area contributed by atoms with Crippen LogP contribution < -0.4 is 5.32 Å². The molecule has 0 bridgehead atoms. The van der Waals surface area contributed by atoms with Crippen molar-refractivity contribution in [3.63, 3.8) is 0 Å². The van der Waals surface area contributed by atoms with E-state index >= 15 is 0 Å². The molecule has 0 aliphatic carbocycles. The minimum Gasteiger partial charge on any atom is -0.455 e. The lowest BCUT2D eigenvalue weighted by Gasteiger charge is -2.30. The first kappa shape index (κ1) is 22.7. The van der Waals surface area contributed by atoms with E-state index in [2.05, 4.69) is 10.1 Å². The van der Waals surface area contributed by atoms with Gasteiger partial charge in [-0.15, -0.1) is 0 Å². The van der Waals surface area contributed by atoms with Crippen molar-refractivity contribution >= 4 is 35.3 Å². The number of hydrogen-bond donors (Lipinski definition) is 1. The quantitative estimate of drug-likeness (QED) is 0.560. The predicted molar refractivity (Wildman–Crippen MR) is 92.7 cm³/mol. The number of carbonyl (C=O) groups excluding carboxylic acids is 3. The number of likely N-dealkylation sites (tertiary alicyclic amines) is 1. The molecule has 12 heteroatoms. The number of halogens is 5. The van der Waals surface area contributed by atoms with E-state index in [1.807, 2.05) is 0 Å². The second-order valence-corrected chi connectivity index (χ2v) is 6.65. The monoisotopic (exact) mass is 440 g/mol. The zero-order chi connectivity index (χ0) is 21.6. The van der Waals surface area contributed by atoms with Gasteiger partial charge in [-0.3, -0.25) is 9.59 Å². The fourth-order valence-corrected chi connectivity index (χ4v) is 2.74. The third-order valence-electron chi connectivity index (χ3n) is 3.99. The van der Waals surface area contributed by atoms with Crippen molar-refractivity contribution in [2.75, 3.05) is 31.6 Å². The molecule has 0 spiro atoms. The maximum atomic E-state index is 13.6. The van der Waals surface area contributed by atoms with E-state index in [0.717, 1.165) is 11.0 Å². The summed E-state index contributed by atoms with van der Waals surface area (Å²) in [4.78, 5) is 36.4. The van der Waals surface area contributed by atoms with E-state index in [1.54, 1.807) is 0 Å². The molecule has 0 radical (unpaired) electrons. The molecule has 1 heterocycles. The Kier molecular flexibility index (Phi) is 7.66. The van der Waals surface area contributed by atoms with Crippen molar-refractivity contribution in [1.82, 2.24) is 4.90 Å². The molecule has 1 fully saturated rings. The lowest BCUT2D eigenvalue weighted by Crippen LogP contribution is -2.42. The highest BCUT2D eigenvalue weighted by atomic mass is 35.5. The number of rotatable bonds is 5. The summed E-state index contributed by atoms with van der Waals surface area (Å²) in [5.41, 5.74) is -0.163. The summed E-state index contributed by atoms with van der Waals surface area (Å²) in [5.74, 6) is -2.81. The van der Waals surface area contributed by atoms with Gasteiger partial charge in [-0.2, -0.15) is 13.2 Å². The van der Waals surface area contributed by atoms with Crippen LogP contribution in [0.15, 0.2) is 18.2 Å². The van der Waals surface area contributed by atoms with E-state index in [-0.39, 0.29) is 36.6 Å². The zero-order valence-corrected chi connectivity index (χ0v) is 15.7. The molecule has 1 aromatic rings. The van der Waals surface area contributed by atoms with Gasteiger partial charge in [0.25, 0.3) is 5.91 Å². The number of ether oxygens (including phenoxy) is 2. The fourth-order valence-electron chi connectivity index (χ4n) is 2.57. The van der Waals surface area contributed by atoms with Gasteiger partial charge in [-0.05, 0) is 31.0 Å². The molecule has 2 rings (SSSR count). The van der Waals surface area contributed by atoms with Crippen LogP contribution in [0, 0.1) is 11.7 Å².